The molecule has 2 aromatic rings. The maximum Gasteiger partial charge on any atom is 0.0709 e. The van der Waals surface area contributed by atoms with Crippen molar-refractivity contribution in [2.45, 2.75) is 38.8 Å². The molecule has 0 bridgehead atoms. The lowest BCUT2D eigenvalue weighted by atomic mass is 10.0. The summed E-state index contributed by atoms with van der Waals surface area (Å²) in [5.74, 6) is 5.75. The van der Waals surface area contributed by atoms with E-state index in [0.29, 0.717) is 0 Å². The Bertz CT molecular complexity index is 524. The van der Waals surface area contributed by atoms with Gasteiger partial charge in [0.15, 0.2) is 0 Å². The third-order valence-electron chi connectivity index (χ3n) is 3.36. The number of benzene rings is 1. The molecule has 5 heteroatoms. The minimum atomic E-state index is 0.0960. The van der Waals surface area contributed by atoms with Gasteiger partial charge < -0.3 is 0 Å². The van der Waals surface area contributed by atoms with Gasteiger partial charge in [-0.2, -0.15) is 5.10 Å². The molecule has 0 saturated carbocycles. The lowest BCUT2D eigenvalue weighted by Gasteiger charge is -2.18. The molecule has 0 fully saturated rings. The molecule has 0 aliphatic rings. The second-order valence-electron chi connectivity index (χ2n) is 4.84. The highest BCUT2D eigenvalue weighted by Gasteiger charge is 2.18. The molecule has 1 heterocycles. The van der Waals surface area contributed by atoms with Crippen LogP contribution in [0.5, 0.6) is 0 Å². The van der Waals surface area contributed by atoms with E-state index in [1.165, 1.54) is 5.56 Å². The highest BCUT2D eigenvalue weighted by atomic mass is 79.9. The third kappa shape index (κ3) is 3.69. The van der Waals surface area contributed by atoms with Crippen molar-refractivity contribution in [3.05, 3.63) is 52.3 Å². The Morgan fingerprint density at radius 1 is 1.35 bits per heavy atom. The molecule has 0 aliphatic heterocycles. The monoisotopic (exact) mass is 336 g/mol. The quantitative estimate of drug-likeness (QED) is 0.603. The van der Waals surface area contributed by atoms with Gasteiger partial charge in [0.2, 0.25) is 0 Å². The van der Waals surface area contributed by atoms with Gasteiger partial charge in [-0.05, 0) is 40.8 Å². The number of nitrogens with zero attached hydrogens (tertiary/aromatic N) is 2. The van der Waals surface area contributed by atoms with Crippen LogP contribution in [0.2, 0.25) is 0 Å². The first-order chi connectivity index (χ1) is 9.76. The Balaban J connectivity index is 2.10. The van der Waals surface area contributed by atoms with Crippen molar-refractivity contribution in [3.8, 4) is 0 Å². The molecule has 4 nitrogen and oxygen atoms in total. The van der Waals surface area contributed by atoms with Crippen LogP contribution in [0.1, 0.15) is 37.1 Å². The maximum absolute atomic E-state index is 5.75. The normalized spacial score (nSPS) is 12.6. The van der Waals surface area contributed by atoms with Crippen molar-refractivity contribution >= 4 is 15.9 Å². The molecule has 0 radical (unpaired) electrons. The Morgan fingerprint density at radius 2 is 2.10 bits per heavy atom. The van der Waals surface area contributed by atoms with Crippen molar-refractivity contribution < 1.29 is 0 Å². The number of aromatic nitrogens is 2. The summed E-state index contributed by atoms with van der Waals surface area (Å²) >= 11 is 3.58. The summed E-state index contributed by atoms with van der Waals surface area (Å²) in [6.07, 6.45) is 4.82. The van der Waals surface area contributed by atoms with Gasteiger partial charge in [0.05, 0.1) is 22.4 Å². The van der Waals surface area contributed by atoms with E-state index in [2.05, 4.69) is 57.6 Å². The van der Waals surface area contributed by atoms with Gasteiger partial charge in [-0.25, -0.2) is 0 Å². The molecule has 1 aromatic carbocycles. The Labute approximate surface area is 128 Å². The summed E-state index contributed by atoms with van der Waals surface area (Å²) in [7, 11) is 0. The van der Waals surface area contributed by atoms with E-state index in [-0.39, 0.29) is 6.04 Å². The van der Waals surface area contributed by atoms with E-state index in [4.69, 9.17) is 5.84 Å². The molecular formula is C15H21BrN4. The van der Waals surface area contributed by atoms with Crippen LogP contribution in [-0.2, 0) is 13.0 Å². The fraction of sp³-hybridized carbons (Fsp3) is 0.400. The Kier molecular flexibility index (Phi) is 5.76. The van der Waals surface area contributed by atoms with Gasteiger partial charge in [-0.1, -0.05) is 37.3 Å². The van der Waals surface area contributed by atoms with Crippen molar-refractivity contribution in [3.63, 3.8) is 0 Å². The summed E-state index contributed by atoms with van der Waals surface area (Å²) in [6.45, 7) is 3.05. The molecule has 1 unspecified atom stereocenters. The summed E-state index contributed by atoms with van der Waals surface area (Å²) in [5.41, 5.74) is 5.38. The molecule has 1 aromatic heterocycles. The van der Waals surface area contributed by atoms with Gasteiger partial charge in [-0.3, -0.25) is 16.0 Å². The lowest BCUT2D eigenvalue weighted by molar-refractivity contribution is 0.456. The maximum atomic E-state index is 5.75. The lowest BCUT2D eigenvalue weighted by Crippen LogP contribution is -2.30. The second kappa shape index (κ2) is 7.57. The van der Waals surface area contributed by atoms with Crippen molar-refractivity contribution in [2.75, 3.05) is 0 Å². The molecule has 20 heavy (non-hydrogen) atoms. The van der Waals surface area contributed by atoms with Crippen LogP contribution >= 0.6 is 15.9 Å². The number of hydrogen-bond donors (Lipinski definition) is 2. The summed E-state index contributed by atoms with van der Waals surface area (Å²) in [5, 5.41) is 4.40. The number of rotatable bonds is 7. The number of aryl methyl sites for hydroxylation is 2. The molecule has 0 saturated heterocycles. The predicted octanol–water partition coefficient (Wildman–Crippen LogP) is 3.19. The van der Waals surface area contributed by atoms with E-state index in [9.17, 15) is 0 Å². The second-order valence-corrected chi connectivity index (χ2v) is 5.70. The van der Waals surface area contributed by atoms with Crippen molar-refractivity contribution in [1.29, 1.82) is 0 Å². The van der Waals surface area contributed by atoms with E-state index in [0.717, 1.165) is 36.0 Å². The van der Waals surface area contributed by atoms with Crippen LogP contribution in [0.15, 0.2) is 41.0 Å². The van der Waals surface area contributed by atoms with E-state index >= 15 is 0 Å². The average Bonchev–Trinajstić information content (AvgIpc) is 2.83. The van der Waals surface area contributed by atoms with Crippen LogP contribution in [-0.4, -0.2) is 9.78 Å². The SMILES string of the molecule is CCCn1ncc(Br)c1C(CCc1ccccc1)NN. The van der Waals surface area contributed by atoms with Crippen LogP contribution in [0.3, 0.4) is 0 Å². The minimum Gasteiger partial charge on any atom is -0.271 e. The third-order valence-corrected chi connectivity index (χ3v) is 3.98. The number of hydrogen-bond acceptors (Lipinski definition) is 3. The average molecular weight is 337 g/mol. The summed E-state index contributed by atoms with van der Waals surface area (Å²) < 4.78 is 3.04. The van der Waals surface area contributed by atoms with E-state index < -0.39 is 0 Å². The number of hydrazine groups is 1. The number of nitrogens with two attached hydrogens (primary N) is 1. The summed E-state index contributed by atoms with van der Waals surface area (Å²) in [4.78, 5) is 0. The molecule has 0 spiro atoms. The molecular weight excluding hydrogens is 316 g/mol. The van der Waals surface area contributed by atoms with Crippen LogP contribution in [0.4, 0.5) is 0 Å². The van der Waals surface area contributed by atoms with Gasteiger partial charge in [-0.15, -0.1) is 0 Å². The van der Waals surface area contributed by atoms with Crippen LogP contribution < -0.4 is 11.3 Å². The fourth-order valence-corrected chi connectivity index (χ4v) is 2.94. The van der Waals surface area contributed by atoms with Crippen LogP contribution in [0.25, 0.3) is 0 Å². The van der Waals surface area contributed by atoms with Crippen molar-refractivity contribution in [1.82, 2.24) is 15.2 Å². The molecule has 2 rings (SSSR count). The molecule has 108 valence electrons. The zero-order chi connectivity index (χ0) is 14.4. The van der Waals surface area contributed by atoms with Gasteiger partial charge in [0.25, 0.3) is 0 Å². The highest BCUT2D eigenvalue weighted by molar-refractivity contribution is 9.10. The molecule has 1 atom stereocenters. The van der Waals surface area contributed by atoms with Crippen LogP contribution in [0, 0.1) is 0 Å². The first-order valence-electron chi connectivity index (χ1n) is 6.97. The topological polar surface area (TPSA) is 55.9 Å². The zero-order valence-corrected chi connectivity index (χ0v) is 13.3. The predicted molar refractivity (Wildman–Crippen MR) is 85.0 cm³/mol. The smallest absolute Gasteiger partial charge is 0.0709 e. The van der Waals surface area contributed by atoms with E-state index in [1.807, 2.05) is 16.9 Å². The van der Waals surface area contributed by atoms with E-state index in [1.54, 1.807) is 0 Å². The Hall–Kier alpha value is -1.17. The van der Waals surface area contributed by atoms with Gasteiger partial charge >= 0.3 is 0 Å². The van der Waals surface area contributed by atoms with Gasteiger partial charge in [0, 0.05) is 6.54 Å². The zero-order valence-electron chi connectivity index (χ0n) is 11.7. The minimum absolute atomic E-state index is 0.0960. The Morgan fingerprint density at radius 3 is 2.75 bits per heavy atom. The molecule has 0 aliphatic carbocycles. The first-order valence-corrected chi connectivity index (χ1v) is 7.76. The number of halogens is 1. The molecule has 3 N–H and O–H groups in total. The first kappa shape index (κ1) is 15.2. The summed E-state index contributed by atoms with van der Waals surface area (Å²) in [6, 6.07) is 10.6. The highest BCUT2D eigenvalue weighted by Crippen LogP contribution is 2.26. The largest absolute Gasteiger partial charge is 0.271 e. The fourth-order valence-electron chi connectivity index (χ4n) is 2.36. The molecule has 0 amide bonds. The number of nitrogens with one attached hydrogen (secondary N) is 1. The standard InChI is InChI=1S/C15H21BrN4/c1-2-10-20-15(13(16)11-18-20)14(19-17)9-8-12-6-4-3-5-7-12/h3-7,11,14,19H,2,8-10,17H2,1H3. The van der Waals surface area contributed by atoms with Crippen molar-refractivity contribution in [2.24, 2.45) is 5.84 Å². The van der Waals surface area contributed by atoms with Gasteiger partial charge in [0.1, 0.15) is 0 Å².